The largest absolute Gasteiger partial charge is 0.387 e. The number of thioether (sulfide) groups is 1. The zero-order chi connectivity index (χ0) is 17.5. The van der Waals surface area contributed by atoms with E-state index in [0.29, 0.717) is 11.2 Å². The Balaban J connectivity index is 2.80. The van der Waals surface area contributed by atoms with Crippen LogP contribution in [-0.2, 0) is 9.53 Å². The number of rotatable bonds is 8. The summed E-state index contributed by atoms with van der Waals surface area (Å²) in [5, 5.41) is 10.8. The summed E-state index contributed by atoms with van der Waals surface area (Å²) in [5.74, 6) is 0.401. The smallest absolute Gasteiger partial charge is 0.236 e. The number of aliphatic imine (C=N–C) groups is 1. The van der Waals surface area contributed by atoms with Crippen molar-refractivity contribution in [1.29, 1.82) is 0 Å². The molecule has 0 aromatic heterocycles. The molecule has 1 fully saturated rings. The number of aliphatic hydroxyl groups is 1. The minimum absolute atomic E-state index is 0.326. The minimum Gasteiger partial charge on any atom is -0.387 e. The molecule has 134 valence electrons. The van der Waals surface area contributed by atoms with Gasteiger partial charge in [0.1, 0.15) is 11.5 Å². The van der Waals surface area contributed by atoms with Gasteiger partial charge in [0.05, 0.1) is 11.7 Å². The van der Waals surface area contributed by atoms with E-state index < -0.39 is 11.5 Å². The van der Waals surface area contributed by atoms with Crippen molar-refractivity contribution in [2.24, 2.45) is 10.9 Å². The number of nitrogens with zero attached hydrogens (tertiary/aromatic N) is 1. The van der Waals surface area contributed by atoms with Gasteiger partial charge >= 0.3 is 0 Å². The first-order chi connectivity index (χ1) is 10.7. The number of hydrogen-bond acceptors (Lipinski definition) is 5. The van der Waals surface area contributed by atoms with Gasteiger partial charge in [0.25, 0.3) is 0 Å². The molecule has 1 N–H and O–H groups in total. The first-order valence-electron chi connectivity index (χ1n) is 8.81. The molecule has 3 unspecified atom stereocenters. The van der Waals surface area contributed by atoms with Crippen molar-refractivity contribution in [2.45, 2.75) is 102 Å². The van der Waals surface area contributed by atoms with E-state index >= 15 is 0 Å². The Morgan fingerprint density at radius 2 is 1.87 bits per heavy atom. The lowest BCUT2D eigenvalue weighted by Crippen LogP contribution is -2.42. The number of carbonyl (C=O) groups excluding carboxylic acids is 1. The number of isocyanates is 1. The lowest BCUT2D eigenvalue weighted by atomic mass is 10.00. The van der Waals surface area contributed by atoms with Crippen LogP contribution in [-0.4, -0.2) is 39.6 Å². The van der Waals surface area contributed by atoms with Crippen LogP contribution in [0.4, 0.5) is 0 Å². The number of ether oxygens (including phenoxy) is 1. The van der Waals surface area contributed by atoms with Gasteiger partial charge in [0.2, 0.25) is 6.08 Å². The Bertz CT molecular complexity index is 382. The monoisotopic (exact) mass is 343 g/mol. The van der Waals surface area contributed by atoms with Gasteiger partial charge in [-0.15, -0.1) is 11.8 Å². The van der Waals surface area contributed by atoms with Crippen molar-refractivity contribution in [1.82, 2.24) is 0 Å². The predicted molar refractivity (Wildman–Crippen MR) is 96.5 cm³/mol. The van der Waals surface area contributed by atoms with E-state index in [-0.39, 0.29) is 11.7 Å². The maximum Gasteiger partial charge on any atom is 0.236 e. The van der Waals surface area contributed by atoms with Gasteiger partial charge < -0.3 is 9.84 Å². The minimum atomic E-state index is -0.787. The lowest BCUT2D eigenvalue weighted by molar-refractivity contribution is -0.117. The zero-order valence-corrected chi connectivity index (χ0v) is 16.1. The molecule has 4 nitrogen and oxygen atoms in total. The normalized spacial score (nSPS) is 20.8. The molecule has 0 heterocycles. The van der Waals surface area contributed by atoms with Crippen molar-refractivity contribution in [3.8, 4) is 0 Å². The summed E-state index contributed by atoms with van der Waals surface area (Å²) in [4.78, 5) is 14.7. The highest BCUT2D eigenvalue weighted by Crippen LogP contribution is 2.35. The molecule has 5 heteroatoms. The quantitative estimate of drug-likeness (QED) is 0.527. The van der Waals surface area contributed by atoms with E-state index in [2.05, 4.69) is 18.8 Å². The Morgan fingerprint density at radius 3 is 2.35 bits per heavy atom. The second-order valence-electron chi connectivity index (χ2n) is 7.90. The van der Waals surface area contributed by atoms with E-state index in [4.69, 9.17) is 4.74 Å². The van der Waals surface area contributed by atoms with E-state index in [1.165, 1.54) is 19.3 Å². The number of hydrogen-bond donors (Lipinski definition) is 1. The third-order valence-electron chi connectivity index (χ3n) is 3.95. The summed E-state index contributed by atoms with van der Waals surface area (Å²) < 4.78 is 6.07. The molecular formula is C18H33NO3S. The second-order valence-corrected chi connectivity index (χ2v) is 9.32. The molecular weight excluding hydrogens is 310 g/mol. The van der Waals surface area contributed by atoms with E-state index in [0.717, 1.165) is 19.3 Å². The summed E-state index contributed by atoms with van der Waals surface area (Å²) in [6.45, 7) is 10.2. The van der Waals surface area contributed by atoms with Gasteiger partial charge in [0.15, 0.2) is 0 Å². The fourth-order valence-corrected chi connectivity index (χ4v) is 4.44. The highest BCUT2D eigenvalue weighted by atomic mass is 32.2. The van der Waals surface area contributed by atoms with Crippen LogP contribution in [0.1, 0.15) is 73.1 Å². The van der Waals surface area contributed by atoms with Crippen LogP contribution in [0.15, 0.2) is 4.99 Å². The van der Waals surface area contributed by atoms with Crippen molar-refractivity contribution < 1.29 is 14.6 Å². The molecule has 1 saturated carbocycles. The SMILES string of the molecule is CC(C)CC(OC(C)(C)C)C(O)C(N=C=O)SC1CCCCC1. The van der Waals surface area contributed by atoms with Crippen molar-refractivity contribution in [3.63, 3.8) is 0 Å². The van der Waals surface area contributed by atoms with Crippen molar-refractivity contribution in [3.05, 3.63) is 0 Å². The molecule has 1 aliphatic rings. The topological polar surface area (TPSA) is 58.9 Å². The third kappa shape index (κ3) is 8.35. The maximum atomic E-state index is 10.8. The van der Waals surface area contributed by atoms with Gasteiger partial charge in [-0.1, -0.05) is 33.1 Å². The Labute approximate surface area is 145 Å². The van der Waals surface area contributed by atoms with Crippen LogP contribution in [0.2, 0.25) is 0 Å². The average molecular weight is 344 g/mol. The molecule has 0 bridgehead atoms. The van der Waals surface area contributed by atoms with Crippen molar-refractivity contribution in [2.75, 3.05) is 0 Å². The van der Waals surface area contributed by atoms with Gasteiger partial charge in [-0.05, 0) is 46.0 Å². The molecule has 0 amide bonds. The van der Waals surface area contributed by atoms with E-state index in [1.54, 1.807) is 17.8 Å². The summed E-state index contributed by atoms with van der Waals surface area (Å²) >= 11 is 1.62. The third-order valence-corrected chi connectivity index (χ3v) is 5.47. The lowest BCUT2D eigenvalue weighted by Gasteiger charge is -2.35. The average Bonchev–Trinajstić information content (AvgIpc) is 2.44. The molecule has 0 radical (unpaired) electrons. The number of aliphatic hydroxyl groups excluding tert-OH is 1. The molecule has 0 spiro atoms. The molecule has 0 aromatic rings. The summed E-state index contributed by atoms with van der Waals surface area (Å²) in [6, 6.07) is 0. The van der Waals surface area contributed by atoms with Crippen LogP contribution in [0, 0.1) is 5.92 Å². The fraction of sp³-hybridized carbons (Fsp3) is 0.944. The van der Waals surface area contributed by atoms with Crippen molar-refractivity contribution >= 4 is 17.8 Å². The highest BCUT2D eigenvalue weighted by molar-refractivity contribution is 8.00. The van der Waals surface area contributed by atoms with Gasteiger partial charge in [-0.2, -0.15) is 4.99 Å². The molecule has 0 saturated heterocycles. The van der Waals surface area contributed by atoms with Crippen LogP contribution < -0.4 is 0 Å². The molecule has 23 heavy (non-hydrogen) atoms. The zero-order valence-electron chi connectivity index (χ0n) is 15.2. The molecule has 1 aliphatic carbocycles. The first-order valence-corrected chi connectivity index (χ1v) is 9.75. The highest BCUT2D eigenvalue weighted by Gasteiger charge is 2.34. The summed E-state index contributed by atoms with van der Waals surface area (Å²) in [7, 11) is 0. The van der Waals surface area contributed by atoms with Gasteiger partial charge in [0, 0.05) is 5.25 Å². The predicted octanol–water partition coefficient (Wildman–Crippen LogP) is 4.30. The second kappa shape index (κ2) is 9.83. The molecule has 1 rings (SSSR count). The van der Waals surface area contributed by atoms with Crippen LogP contribution >= 0.6 is 11.8 Å². The van der Waals surface area contributed by atoms with Crippen LogP contribution in [0.5, 0.6) is 0 Å². The Morgan fingerprint density at radius 1 is 1.26 bits per heavy atom. The summed E-state index contributed by atoms with van der Waals surface area (Å²) in [6.07, 6.45) is 7.28. The van der Waals surface area contributed by atoms with Crippen LogP contribution in [0.25, 0.3) is 0 Å². The standard InChI is InChI=1S/C18H33NO3S/c1-13(2)11-15(22-18(3,4)5)16(21)17(19-12-20)23-14-9-7-6-8-10-14/h13-17,21H,6-11H2,1-5H3. The van der Waals surface area contributed by atoms with Gasteiger partial charge in [-0.3, -0.25) is 0 Å². The molecule has 0 aliphatic heterocycles. The molecule has 3 atom stereocenters. The van der Waals surface area contributed by atoms with E-state index in [9.17, 15) is 9.90 Å². The molecule has 0 aromatic carbocycles. The van der Waals surface area contributed by atoms with Crippen LogP contribution in [0.3, 0.4) is 0 Å². The van der Waals surface area contributed by atoms with E-state index in [1.807, 2.05) is 20.8 Å². The van der Waals surface area contributed by atoms with Gasteiger partial charge in [-0.25, -0.2) is 4.79 Å². The maximum absolute atomic E-state index is 10.8. The Hall–Kier alpha value is -0.350. The fourth-order valence-electron chi connectivity index (χ4n) is 3.00. The summed E-state index contributed by atoms with van der Waals surface area (Å²) in [5.41, 5.74) is -0.342. The Kier molecular flexibility index (Phi) is 8.84. The first kappa shape index (κ1) is 20.7.